The molecule has 4 nitrogen and oxygen atoms in total. The van der Waals surface area contributed by atoms with Gasteiger partial charge in [-0.15, -0.1) is 0 Å². The van der Waals surface area contributed by atoms with Crippen molar-refractivity contribution in [3.05, 3.63) is 59.4 Å². The van der Waals surface area contributed by atoms with E-state index >= 15 is 0 Å². The Kier molecular flexibility index (Phi) is 4.32. The summed E-state index contributed by atoms with van der Waals surface area (Å²) in [4.78, 5) is 23.3. The highest BCUT2D eigenvalue weighted by Gasteiger charge is 2.14. The first-order valence-corrected chi connectivity index (χ1v) is 6.06. The van der Waals surface area contributed by atoms with Crippen LogP contribution in [0.15, 0.2) is 48.5 Å². The molecule has 0 bridgehead atoms. The molecule has 6 heteroatoms. The summed E-state index contributed by atoms with van der Waals surface area (Å²) in [6.45, 7) is 0. The lowest BCUT2D eigenvalue weighted by molar-refractivity contribution is -0.133. The third-order valence-electron chi connectivity index (χ3n) is 2.37. The van der Waals surface area contributed by atoms with E-state index in [-0.39, 0.29) is 5.69 Å². The van der Waals surface area contributed by atoms with Crippen molar-refractivity contribution in [3.63, 3.8) is 0 Å². The van der Waals surface area contributed by atoms with Crippen LogP contribution >= 0.6 is 11.6 Å². The molecule has 2 rings (SSSR count). The zero-order valence-corrected chi connectivity index (χ0v) is 10.9. The van der Waals surface area contributed by atoms with Gasteiger partial charge in [0.1, 0.15) is 5.82 Å². The Morgan fingerprint density at radius 2 is 1.45 bits per heavy atom. The van der Waals surface area contributed by atoms with Crippen LogP contribution in [0.3, 0.4) is 0 Å². The summed E-state index contributed by atoms with van der Waals surface area (Å²) >= 11 is 5.76. The van der Waals surface area contributed by atoms with Crippen molar-refractivity contribution in [2.45, 2.75) is 0 Å². The first kappa shape index (κ1) is 14.0. The van der Waals surface area contributed by atoms with E-state index in [1.807, 2.05) is 0 Å². The molecular formula is C14H10ClFN2O2. The molecule has 0 saturated carbocycles. The van der Waals surface area contributed by atoms with Gasteiger partial charge in [0.2, 0.25) is 0 Å². The predicted molar refractivity (Wildman–Crippen MR) is 75.1 cm³/mol. The molecule has 0 aliphatic heterocycles. The quantitative estimate of drug-likeness (QED) is 0.836. The minimum Gasteiger partial charge on any atom is -0.318 e. The van der Waals surface area contributed by atoms with Crippen LogP contribution in [0.25, 0.3) is 0 Å². The molecule has 2 aromatic rings. The maximum absolute atomic E-state index is 12.9. The molecule has 2 amide bonds. The summed E-state index contributed by atoms with van der Waals surface area (Å²) in [6.07, 6.45) is 0. The molecule has 0 atom stereocenters. The number of carbonyl (C=O) groups excluding carboxylic acids is 2. The molecular weight excluding hydrogens is 283 g/mol. The van der Waals surface area contributed by atoms with E-state index in [0.717, 1.165) is 6.07 Å². The fraction of sp³-hybridized carbons (Fsp3) is 0. The average molecular weight is 293 g/mol. The Morgan fingerprint density at radius 3 is 2.00 bits per heavy atom. The largest absolute Gasteiger partial charge is 0.318 e. The van der Waals surface area contributed by atoms with Crippen molar-refractivity contribution >= 4 is 34.8 Å². The van der Waals surface area contributed by atoms with Crippen LogP contribution in [-0.4, -0.2) is 11.8 Å². The van der Waals surface area contributed by atoms with Gasteiger partial charge in [-0.1, -0.05) is 23.7 Å². The van der Waals surface area contributed by atoms with E-state index in [0.29, 0.717) is 10.7 Å². The lowest BCUT2D eigenvalue weighted by Crippen LogP contribution is -2.29. The second kappa shape index (κ2) is 6.16. The fourth-order valence-electron chi connectivity index (χ4n) is 1.51. The van der Waals surface area contributed by atoms with Crippen LogP contribution in [-0.2, 0) is 9.59 Å². The molecule has 0 aliphatic carbocycles. The van der Waals surface area contributed by atoms with Crippen LogP contribution in [0.4, 0.5) is 15.8 Å². The molecule has 0 heterocycles. The topological polar surface area (TPSA) is 58.2 Å². The first-order chi connectivity index (χ1) is 9.54. The van der Waals surface area contributed by atoms with Gasteiger partial charge in [0.25, 0.3) is 0 Å². The Bertz CT molecular complexity index is 604. The number of nitrogens with one attached hydrogen (secondary N) is 2. The van der Waals surface area contributed by atoms with Gasteiger partial charge < -0.3 is 10.6 Å². The smallest absolute Gasteiger partial charge is 0.314 e. The third-order valence-corrected chi connectivity index (χ3v) is 2.61. The number of amides is 2. The zero-order chi connectivity index (χ0) is 14.5. The van der Waals surface area contributed by atoms with E-state index < -0.39 is 17.6 Å². The van der Waals surface area contributed by atoms with Gasteiger partial charge in [0.15, 0.2) is 0 Å². The highest BCUT2D eigenvalue weighted by molar-refractivity contribution is 6.43. The lowest BCUT2D eigenvalue weighted by Gasteiger charge is -2.06. The number of hydrogen-bond acceptors (Lipinski definition) is 2. The second-order valence-electron chi connectivity index (χ2n) is 3.93. The van der Waals surface area contributed by atoms with Crippen molar-refractivity contribution in [1.82, 2.24) is 0 Å². The summed E-state index contributed by atoms with van der Waals surface area (Å²) in [5.41, 5.74) is 0.605. The molecule has 0 fully saturated rings. The van der Waals surface area contributed by atoms with E-state index in [9.17, 15) is 14.0 Å². The molecule has 2 aromatic carbocycles. The minimum absolute atomic E-state index is 0.205. The Morgan fingerprint density at radius 1 is 0.900 bits per heavy atom. The second-order valence-corrected chi connectivity index (χ2v) is 4.37. The van der Waals surface area contributed by atoms with Crippen molar-refractivity contribution in [1.29, 1.82) is 0 Å². The number of carbonyl (C=O) groups is 2. The van der Waals surface area contributed by atoms with Crippen molar-refractivity contribution < 1.29 is 14.0 Å². The van der Waals surface area contributed by atoms with Crippen LogP contribution in [0.5, 0.6) is 0 Å². The van der Waals surface area contributed by atoms with Gasteiger partial charge >= 0.3 is 11.8 Å². The first-order valence-electron chi connectivity index (χ1n) is 5.68. The monoisotopic (exact) mass is 292 g/mol. The van der Waals surface area contributed by atoms with Crippen LogP contribution in [0.2, 0.25) is 5.02 Å². The Labute approximate surface area is 119 Å². The molecule has 102 valence electrons. The standard InChI is InChI=1S/C14H10ClFN2O2/c15-9-3-1-5-11(7-9)17-13(19)14(20)18-12-6-2-4-10(16)8-12/h1-8H,(H,17,19)(H,18,20). The molecule has 0 aromatic heterocycles. The van der Waals surface area contributed by atoms with Crippen molar-refractivity contribution in [3.8, 4) is 0 Å². The summed E-state index contributed by atoms with van der Waals surface area (Å²) in [6, 6.07) is 11.7. The van der Waals surface area contributed by atoms with Crippen LogP contribution < -0.4 is 10.6 Å². The Balaban J connectivity index is 2.01. The van der Waals surface area contributed by atoms with E-state index in [1.54, 1.807) is 18.2 Å². The predicted octanol–water partition coefficient (Wildman–Crippen LogP) is 3.06. The molecule has 0 radical (unpaired) electrons. The van der Waals surface area contributed by atoms with E-state index in [1.165, 1.54) is 24.3 Å². The number of benzene rings is 2. The highest BCUT2D eigenvalue weighted by Crippen LogP contribution is 2.15. The summed E-state index contributed by atoms with van der Waals surface area (Å²) in [7, 11) is 0. The SMILES string of the molecule is O=C(Nc1cccc(F)c1)C(=O)Nc1cccc(Cl)c1. The highest BCUT2D eigenvalue weighted by atomic mass is 35.5. The zero-order valence-electron chi connectivity index (χ0n) is 10.2. The van der Waals surface area contributed by atoms with Gasteiger partial charge in [-0.05, 0) is 36.4 Å². The van der Waals surface area contributed by atoms with Crippen LogP contribution in [0, 0.1) is 5.82 Å². The van der Waals surface area contributed by atoms with E-state index in [4.69, 9.17) is 11.6 Å². The Hall–Kier alpha value is -2.40. The van der Waals surface area contributed by atoms with Gasteiger partial charge in [-0.3, -0.25) is 9.59 Å². The van der Waals surface area contributed by atoms with Gasteiger partial charge in [-0.25, -0.2) is 4.39 Å². The molecule has 2 N–H and O–H groups in total. The maximum Gasteiger partial charge on any atom is 0.314 e. The number of halogens is 2. The van der Waals surface area contributed by atoms with Gasteiger partial charge in [0, 0.05) is 16.4 Å². The van der Waals surface area contributed by atoms with Crippen LogP contribution in [0.1, 0.15) is 0 Å². The maximum atomic E-state index is 12.9. The molecule has 0 unspecified atom stereocenters. The molecule has 0 spiro atoms. The average Bonchev–Trinajstić information content (AvgIpc) is 2.38. The van der Waals surface area contributed by atoms with Crippen molar-refractivity contribution in [2.24, 2.45) is 0 Å². The summed E-state index contributed by atoms with van der Waals surface area (Å²) in [5.74, 6) is -2.26. The normalized spacial score (nSPS) is 9.90. The minimum atomic E-state index is -0.893. The summed E-state index contributed by atoms with van der Waals surface area (Å²) < 4.78 is 12.9. The van der Waals surface area contributed by atoms with E-state index in [2.05, 4.69) is 10.6 Å². The van der Waals surface area contributed by atoms with Gasteiger partial charge in [0.05, 0.1) is 0 Å². The summed E-state index contributed by atoms with van der Waals surface area (Å²) in [5, 5.41) is 5.12. The molecule has 0 aliphatic rings. The molecule has 20 heavy (non-hydrogen) atoms. The fourth-order valence-corrected chi connectivity index (χ4v) is 1.70. The lowest BCUT2D eigenvalue weighted by atomic mass is 10.3. The third kappa shape index (κ3) is 3.80. The van der Waals surface area contributed by atoms with Gasteiger partial charge in [-0.2, -0.15) is 0 Å². The number of anilines is 2. The number of hydrogen-bond donors (Lipinski definition) is 2. The molecule has 0 saturated heterocycles. The van der Waals surface area contributed by atoms with Crippen molar-refractivity contribution in [2.75, 3.05) is 10.6 Å². The number of rotatable bonds is 2.